The van der Waals surface area contributed by atoms with Gasteiger partial charge in [-0.3, -0.25) is 4.89 Å². The molecular weight excluding hydrogens is 304 g/mol. The summed E-state index contributed by atoms with van der Waals surface area (Å²) >= 11 is 0. The van der Waals surface area contributed by atoms with Crippen LogP contribution in [0.4, 0.5) is 0 Å². The minimum absolute atomic E-state index is 0.177. The Kier molecular flexibility index (Phi) is 7.12. The fourth-order valence-corrected chi connectivity index (χ4v) is 1.79. The first-order valence-corrected chi connectivity index (χ1v) is 7.08. The second kappa shape index (κ2) is 8.59. The van der Waals surface area contributed by atoms with Gasteiger partial charge in [0.25, 0.3) is 0 Å². The van der Waals surface area contributed by atoms with E-state index in [2.05, 4.69) is 0 Å². The average Bonchev–Trinajstić information content (AvgIpc) is 2.56. The van der Waals surface area contributed by atoms with Gasteiger partial charge >= 0.3 is 5.97 Å². The van der Waals surface area contributed by atoms with E-state index in [4.69, 9.17) is 28.7 Å². The number of rotatable bonds is 9. The Morgan fingerprint density at radius 1 is 1.00 bits per heavy atom. The summed E-state index contributed by atoms with van der Waals surface area (Å²) in [5, 5.41) is 0. The summed E-state index contributed by atoms with van der Waals surface area (Å²) < 4.78 is 20.9. The van der Waals surface area contributed by atoms with Gasteiger partial charge in [0.05, 0.1) is 33.5 Å². The van der Waals surface area contributed by atoms with Crippen molar-refractivity contribution < 1.29 is 33.5 Å². The maximum absolute atomic E-state index is 12.1. The van der Waals surface area contributed by atoms with Gasteiger partial charge in [-0.2, -0.15) is 4.89 Å². The molecule has 7 nitrogen and oxygen atoms in total. The van der Waals surface area contributed by atoms with E-state index in [1.807, 2.05) is 13.8 Å². The molecule has 0 amide bonds. The van der Waals surface area contributed by atoms with Gasteiger partial charge in [0.2, 0.25) is 5.75 Å². The van der Waals surface area contributed by atoms with Crippen molar-refractivity contribution in [3.8, 4) is 17.2 Å². The SMILES string of the molecule is COc1ccc(C(=O)OOCCC(C)(C)OC)c(OC)c1OC. The molecule has 0 unspecified atom stereocenters. The Hall–Kier alpha value is -1.99. The maximum atomic E-state index is 12.1. The minimum Gasteiger partial charge on any atom is -0.493 e. The van der Waals surface area contributed by atoms with Crippen molar-refractivity contribution in [2.45, 2.75) is 25.9 Å². The predicted molar refractivity (Wildman–Crippen MR) is 83.2 cm³/mol. The van der Waals surface area contributed by atoms with Crippen LogP contribution in [0.15, 0.2) is 12.1 Å². The van der Waals surface area contributed by atoms with Gasteiger partial charge in [-0.1, -0.05) is 0 Å². The Balaban J connectivity index is 2.77. The molecule has 0 atom stereocenters. The maximum Gasteiger partial charge on any atom is 0.376 e. The van der Waals surface area contributed by atoms with Crippen molar-refractivity contribution in [3.63, 3.8) is 0 Å². The highest BCUT2D eigenvalue weighted by molar-refractivity contribution is 5.93. The van der Waals surface area contributed by atoms with Crippen molar-refractivity contribution in [3.05, 3.63) is 17.7 Å². The Labute approximate surface area is 136 Å². The van der Waals surface area contributed by atoms with Gasteiger partial charge in [0, 0.05) is 13.5 Å². The normalized spacial score (nSPS) is 11.0. The van der Waals surface area contributed by atoms with Crippen LogP contribution in [-0.4, -0.2) is 46.6 Å². The first-order chi connectivity index (χ1) is 10.9. The first-order valence-electron chi connectivity index (χ1n) is 7.08. The third kappa shape index (κ3) is 5.01. The van der Waals surface area contributed by atoms with Crippen LogP contribution in [0.25, 0.3) is 0 Å². The van der Waals surface area contributed by atoms with Crippen molar-refractivity contribution in [1.29, 1.82) is 0 Å². The number of hydrogen-bond acceptors (Lipinski definition) is 7. The highest BCUT2D eigenvalue weighted by Gasteiger charge is 2.23. The lowest BCUT2D eigenvalue weighted by Crippen LogP contribution is -2.24. The van der Waals surface area contributed by atoms with Crippen LogP contribution in [0.2, 0.25) is 0 Å². The quantitative estimate of drug-likeness (QED) is 0.392. The van der Waals surface area contributed by atoms with Gasteiger partial charge in [0.1, 0.15) is 5.56 Å². The molecule has 1 aromatic rings. The van der Waals surface area contributed by atoms with E-state index in [-0.39, 0.29) is 23.5 Å². The summed E-state index contributed by atoms with van der Waals surface area (Å²) in [5.74, 6) is 0.296. The minimum atomic E-state index is -0.682. The number of ether oxygens (including phenoxy) is 4. The molecule has 0 heterocycles. The van der Waals surface area contributed by atoms with E-state index in [0.29, 0.717) is 17.9 Å². The van der Waals surface area contributed by atoms with Gasteiger partial charge in [-0.25, -0.2) is 4.79 Å². The highest BCUT2D eigenvalue weighted by atomic mass is 17.2. The zero-order valence-electron chi connectivity index (χ0n) is 14.4. The lowest BCUT2D eigenvalue weighted by atomic mass is 10.1. The summed E-state index contributed by atoms with van der Waals surface area (Å²) in [4.78, 5) is 21.9. The molecule has 0 N–H and O–H groups in total. The van der Waals surface area contributed by atoms with Crippen LogP contribution < -0.4 is 14.2 Å². The fourth-order valence-electron chi connectivity index (χ4n) is 1.79. The molecule has 23 heavy (non-hydrogen) atoms. The number of benzene rings is 1. The van der Waals surface area contributed by atoms with Crippen molar-refractivity contribution in [2.24, 2.45) is 0 Å². The largest absolute Gasteiger partial charge is 0.493 e. The lowest BCUT2D eigenvalue weighted by molar-refractivity contribution is -0.247. The third-order valence-electron chi connectivity index (χ3n) is 3.40. The first kappa shape index (κ1) is 19.1. The molecule has 0 bridgehead atoms. The van der Waals surface area contributed by atoms with Gasteiger partial charge in [0.15, 0.2) is 11.5 Å². The van der Waals surface area contributed by atoms with E-state index in [9.17, 15) is 4.79 Å². The average molecular weight is 328 g/mol. The van der Waals surface area contributed by atoms with Gasteiger partial charge < -0.3 is 18.9 Å². The molecule has 0 spiro atoms. The van der Waals surface area contributed by atoms with Crippen LogP contribution in [0.5, 0.6) is 17.2 Å². The van der Waals surface area contributed by atoms with Crippen LogP contribution in [0, 0.1) is 0 Å². The Bertz CT molecular complexity index is 525. The third-order valence-corrected chi connectivity index (χ3v) is 3.40. The summed E-state index contributed by atoms with van der Waals surface area (Å²) in [6.07, 6.45) is 0.569. The van der Waals surface area contributed by atoms with E-state index < -0.39 is 5.97 Å². The van der Waals surface area contributed by atoms with Gasteiger partial charge in [-0.15, -0.1) is 0 Å². The zero-order valence-corrected chi connectivity index (χ0v) is 14.4. The Morgan fingerprint density at radius 3 is 2.17 bits per heavy atom. The molecule has 0 aliphatic rings. The molecule has 1 rings (SSSR count). The fraction of sp³-hybridized carbons (Fsp3) is 0.562. The standard InChI is InChI=1S/C16H24O7/c1-16(2,21-6)9-10-22-23-15(17)11-7-8-12(18-3)14(20-5)13(11)19-4/h7-8H,9-10H2,1-6H3. The predicted octanol–water partition coefficient (Wildman–Crippen LogP) is 2.62. The second-order valence-electron chi connectivity index (χ2n) is 5.29. The number of carbonyl (C=O) groups excluding carboxylic acids is 1. The summed E-state index contributed by atoms with van der Waals surface area (Å²) in [7, 11) is 5.99. The smallest absolute Gasteiger partial charge is 0.376 e. The van der Waals surface area contributed by atoms with E-state index in [0.717, 1.165) is 0 Å². The molecule has 0 fully saturated rings. The molecule has 1 aromatic carbocycles. The van der Waals surface area contributed by atoms with Gasteiger partial charge in [-0.05, 0) is 26.0 Å². The number of methoxy groups -OCH3 is 4. The van der Waals surface area contributed by atoms with Crippen molar-refractivity contribution in [2.75, 3.05) is 35.0 Å². The highest BCUT2D eigenvalue weighted by Crippen LogP contribution is 2.39. The molecule has 0 aliphatic heterocycles. The molecule has 0 aliphatic carbocycles. The molecule has 0 saturated heterocycles. The second-order valence-corrected chi connectivity index (χ2v) is 5.29. The monoisotopic (exact) mass is 328 g/mol. The van der Waals surface area contributed by atoms with Crippen LogP contribution in [0.1, 0.15) is 30.6 Å². The van der Waals surface area contributed by atoms with Crippen LogP contribution >= 0.6 is 0 Å². The van der Waals surface area contributed by atoms with Crippen LogP contribution in [0.3, 0.4) is 0 Å². The Morgan fingerprint density at radius 2 is 1.65 bits per heavy atom. The van der Waals surface area contributed by atoms with Crippen molar-refractivity contribution >= 4 is 5.97 Å². The number of carbonyl (C=O) groups is 1. The molecule has 130 valence electrons. The lowest BCUT2D eigenvalue weighted by Gasteiger charge is -2.21. The van der Waals surface area contributed by atoms with E-state index in [1.165, 1.54) is 27.4 Å². The van der Waals surface area contributed by atoms with E-state index in [1.54, 1.807) is 13.2 Å². The molecular formula is C16H24O7. The summed E-state index contributed by atoms with van der Waals surface area (Å²) in [5.41, 5.74) is -0.177. The molecule has 0 saturated carbocycles. The van der Waals surface area contributed by atoms with E-state index >= 15 is 0 Å². The van der Waals surface area contributed by atoms with Crippen molar-refractivity contribution in [1.82, 2.24) is 0 Å². The summed E-state index contributed by atoms with van der Waals surface area (Å²) in [6.45, 7) is 4.03. The zero-order chi connectivity index (χ0) is 17.5. The summed E-state index contributed by atoms with van der Waals surface area (Å²) in [6, 6.07) is 3.11. The molecule has 0 radical (unpaired) electrons. The topological polar surface area (TPSA) is 72.5 Å². The number of hydrogen-bond donors (Lipinski definition) is 0. The molecule has 0 aromatic heterocycles. The van der Waals surface area contributed by atoms with Crippen LogP contribution in [-0.2, 0) is 14.5 Å². The molecule has 7 heteroatoms.